The zero-order valence-electron chi connectivity index (χ0n) is 13.3. The third kappa shape index (κ3) is 7.30. The Balaban J connectivity index is 2.50. The number of hydrogen-bond donors (Lipinski definition) is 2. The van der Waals surface area contributed by atoms with E-state index in [9.17, 15) is 9.90 Å². The van der Waals surface area contributed by atoms with Crippen LogP contribution >= 0.6 is 11.6 Å². The number of rotatable bonds is 7. The van der Waals surface area contributed by atoms with Crippen molar-refractivity contribution >= 4 is 25.4 Å². The van der Waals surface area contributed by atoms with Gasteiger partial charge in [-0.15, -0.1) is 0 Å². The second-order valence-electron chi connectivity index (χ2n) is 6.25. The molecule has 0 spiro atoms. The van der Waals surface area contributed by atoms with Crippen LogP contribution in [0.2, 0.25) is 10.8 Å². The Morgan fingerprint density at radius 3 is 2.45 bits per heavy atom. The summed E-state index contributed by atoms with van der Waals surface area (Å²) < 4.78 is 5.50. The van der Waals surface area contributed by atoms with Gasteiger partial charge in [0.15, 0.2) is 0 Å². The molecule has 0 bridgehead atoms. The van der Waals surface area contributed by atoms with Gasteiger partial charge in [-0.05, 0) is 44.9 Å². The number of carbonyl (C=O) groups is 1. The average Bonchev–Trinajstić information content (AvgIpc) is 2.45. The van der Waals surface area contributed by atoms with Crippen LogP contribution in [0.3, 0.4) is 0 Å². The topological polar surface area (TPSA) is 58.6 Å². The molecule has 0 saturated carbocycles. The lowest BCUT2D eigenvalue weighted by Gasteiger charge is -2.24. The summed E-state index contributed by atoms with van der Waals surface area (Å²) in [6.07, 6.45) is 0.506. The van der Waals surface area contributed by atoms with Crippen molar-refractivity contribution < 1.29 is 14.6 Å². The number of nitrogens with one attached hydrogen (secondary N) is 1. The Bertz CT molecular complexity index is 473. The number of benzene rings is 1. The molecule has 1 rings (SSSR count). The van der Waals surface area contributed by atoms with Crippen molar-refractivity contribution in [3.8, 4) is 0 Å². The smallest absolute Gasteiger partial charge is 0.216 e. The minimum atomic E-state index is -0.765. The fraction of sp³-hybridized carbons (Fsp3) is 0.562. The maximum absolute atomic E-state index is 12.0. The number of hydrogen-bond acceptors (Lipinski definition) is 3. The molecule has 0 aliphatic carbocycles. The van der Waals surface area contributed by atoms with Gasteiger partial charge in [0, 0.05) is 10.8 Å². The number of halogens is 1. The van der Waals surface area contributed by atoms with Crippen LogP contribution in [0.4, 0.5) is 0 Å². The second-order valence-corrected chi connectivity index (χ2v) is 6.68. The molecule has 6 heteroatoms. The molecule has 0 aliphatic rings. The summed E-state index contributed by atoms with van der Waals surface area (Å²) in [5.41, 5.74) is 0.626. The van der Waals surface area contributed by atoms with Gasteiger partial charge in [0.1, 0.15) is 0 Å². The molecule has 4 nitrogen and oxygen atoms in total. The highest BCUT2D eigenvalue weighted by Gasteiger charge is 2.20. The molecule has 1 aromatic carbocycles. The van der Waals surface area contributed by atoms with Crippen molar-refractivity contribution in [3.05, 3.63) is 34.9 Å². The first-order chi connectivity index (χ1) is 10.2. The first-order valence-corrected chi connectivity index (χ1v) is 7.64. The molecule has 120 valence electrons. The first-order valence-electron chi connectivity index (χ1n) is 7.26. The van der Waals surface area contributed by atoms with Crippen molar-refractivity contribution in [2.45, 2.75) is 44.7 Å². The van der Waals surface area contributed by atoms with Crippen molar-refractivity contribution in [2.24, 2.45) is 0 Å². The van der Waals surface area contributed by atoms with E-state index < -0.39 is 11.9 Å². The number of ether oxygens (including phenoxy) is 1. The van der Waals surface area contributed by atoms with E-state index in [1.165, 1.54) is 0 Å². The molecular formula is C16H23BClNO3. The van der Waals surface area contributed by atoms with Crippen molar-refractivity contribution in [2.75, 3.05) is 13.2 Å². The zero-order valence-corrected chi connectivity index (χ0v) is 14.1. The average molecular weight is 324 g/mol. The van der Waals surface area contributed by atoms with E-state index in [0.717, 1.165) is 5.56 Å². The lowest BCUT2D eigenvalue weighted by Crippen LogP contribution is -2.42. The van der Waals surface area contributed by atoms with Gasteiger partial charge in [0.05, 0.1) is 32.7 Å². The minimum Gasteiger partial charge on any atom is -0.394 e. The molecule has 22 heavy (non-hydrogen) atoms. The maximum atomic E-state index is 12.0. The SMILES string of the molecule is [B][C@H](COC(C)(C)C)C(=O)N[C@H](CO)Cc1ccc(Cl)cc1. The fourth-order valence-electron chi connectivity index (χ4n) is 1.79. The molecule has 0 saturated heterocycles. The molecule has 0 unspecified atom stereocenters. The predicted octanol–water partition coefficient (Wildman–Crippen LogP) is 2.13. The van der Waals surface area contributed by atoms with Gasteiger partial charge < -0.3 is 15.2 Å². The van der Waals surface area contributed by atoms with Crippen LogP contribution in [0.15, 0.2) is 24.3 Å². The molecule has 1 amide bonds. The van der Waals surface area contributed by atoms with Crippen molar-refractivity contribution in [1.82, 2.24) is 5.32 Å². The summed E-state index contributed by atoms with van der Waals surface area (Å²) in [6.45, 7) is 5.66. The standard InChI is InChI=1S/C16H23BClNO3/c1-16(2,3)22-10-14(17)15(21)19-13(9-20)8-11-4-6-12(18)7-5-11/h4-7,13-14,20H,8-10H2,1-3H3,(H,19,21)/t13-,14+/m0/s1. The molecule has 0 aromatic heterocycles. The van der Waals surface area contributed by atoms with Crippen LogP contribution in [0.1, 0.15) is 26.3 Å². The second kappa shape index (κ2) is 8.56. The van der Waals surface area contributed by atoms with E-state index in [1.807, 2.05) is 32.9 Å². The Kier molecular flexibility index (Phi) is 7.40. The van der Waals surface area contributed by atoms with E-state index in [1.54, 1.807) is 12.1 Å². The Morgan fingerprint density at radius 1 is 1.36 bits per heavy atom. The van der Waals surface area contributed by atoms with E-state index in [0.29, 0.717) is 11.4 Å². The molecule has 0 fully saturated rings. The molecular weight excluding hydrogens is 300 g/mol. The summed E-state index contributed by atoms with van der Waals surface area (Å²) in [6, 6.07) is 6.88. The fourth-order valence-corrected chi connectivity index (χ4v) is 1.92. The lowest BCUT2D eigenvalue weighted by atomic mass is 9.87. The largest absolute Gasteiger partial charge is 0.394 e. The molecule has 0 heterocycles. The van der Waals surface area contributed by atoms with Gasteiger partial charge in [0.25, 0.3) is 0 Å². The summed E-state index contributed by atoms with van der Waals surface area (Å²) in [5.74, 6) is -1.10. The van der Waals surface area contributed by atoms with E-state index in [-0.39, 0.29) is 24.7 Å². The molecule has 2 N–H and O–H groups in total. The monoisotopic (exact) mass is 323 g/mol. The van der Waals surface area contributed by atoms with Crippen LogP contribution < -0.4 is 5.32 Å². The van der Waals surface area contributed by atoms with E-state index >= 15 is 0 Å². The van der Waals surface area contributed by atoms with E-state index in [4.69, 9.17) is 24.2 Å². The van der Waals surface area contributed by atoms with Crippen LogP contribution in [0, 0.1) is 0 Å². The van der Waals surface area contributed by atoms with Gasteiger partial charge in [-0.3, -0.25) is 4.79 Å². The molecule has 1 aromatic rings. The third-order valence-corrected chi connectivity index (χ3v) is 3.25. The number of carbonyl (C=O) groups excluding carboxylic acids is 1. The summed E-state index contributed by atoms with van der Waals surface area (Å²) >= 11 is 5.83. The van der Waals surface area contributed by atoms with E-state index in [2.05, 4.69) is 5.32 Å². The Morgan fingerprint density at radius 2 is 1.95 bits per heavy atom. The van der Waals surface area contributed by atoms with Gasteiger partial charge in [-0.1, -0.05) is 23.7 Å². The molecule has 2 atom stereocenters. The van der Waals surface area contributed by atoms with Gasteiger partial charge in [0.2, 0.25) is 5.91 Å². The summed E-state index contributed by atoms with van der Waals surface area (Å²) in [7, 11) is 5.80. The van der Waals surface area contributed by atoms with Crippen LogP contribution in [-0.4, -0.2) is 43.7 Å². The minimum absolute atomic E-state index is 0.133. The highest BCUT2D eigenvalue weighted by molar-refractivity contribution is 6.30. The quantitative estimate of drug-likeness (QED) is 0.756. The predicted molar refractivity (Wildman–Crippen MR) is 89.4 cm³/mol. The van der Waals surface area contributed by atoms with Gasteiger partial charge in [-0.25, -0.2) is 0 Å². The summed E-state index contributed by atoms with van der Waals surface area (Å²) in [4.78, 5) is 12.0. The number of aliphatic hydroxyl groups excluding tert-OH is 1. The first kappa shape index (κ1) is 19.0. The summed E-state index contributed by atoms with van der Waals surface area (Å²) in [5, 5.41) is 12.8. The molecule has 0 aliphatic heterocycles. The molecule has 2 radical (unpaired) electrons. The maximum Gasteiger partial charge on any atom is 0.216 e. The third-order valence-electron chi connectivity index (χ3n) is 2.99. The lowest BCUT2D eigenvalue weighted by molar-refractivity contribution is -0.124. The zero-order chi connectivity index (χ0) is 16.8. The van der Waals surface area contributed by atoms with Gasteiger partial charge in [-0.2, -0.15) is 0 Å². The van der Waals surface area contributed by atoms with Crippen molar-refractivity contribution in [3.63, 3.8) is 0 Å². The normalized spacial score (nSPS) is 14.4. The van der Waals surface area contributed by atoms with Crippen LogP contribution in [0.25, 0.3) is 0 Å². The van der Waals surface area contributed by atoms with Crippen molar-refractivity contribution in [1.29, 1.82) is 0 Å². The number of amides is 1. The Hall–Kier alpha value is -1.04. The highest BCUT2D eigenvalue weighted by Crippen LogP contribution is 2.13. The van der Waals surface area contributed by atoms with Gasteiger partial charge >= 0.3 is 0 Å². The highest BCUT2D eigenvalue weighted by atomic mass is 35.5. The van der Waals surface area contributed by atoms with Crippen LogP contribution in [0.5, 0.6) is 0 Å². The number of aliphatic hydroxyl groups is 1. The Labute approximate surface area is 138 Å². The van der Waals surface area contributed by atoms with Crippen LogP contribution in [-0.2, 0) is 16.0 Å².